The first-order chi connectivity index (χ1) is 9.24. The van der Waals surface area contributed by atoms with Crippen LogP contribution in [0.1, 0.15) is 17.2 Å². The van der Waals surface area contributed by atoms with E-state index in [2.05, 4.69) is 4.98 Å². The summed E-state index contributed by atoms with van der Waals surface area (Å²) in [5.41, 5.74) is 8.27. The Morgan fingerprint density at radius 3 is 2.74 bits per heavy atom. The van der Waals surface area contributed by atoms with Gasteiger partial charge in [-0.3, -0.25) is 0 Å². The standard InChI is InChI=1S/C15H18N2O2/c1-18-12-6-3-5-11(9-12)10-14(16)13-7-4-8-17-15(13)19-2/h3-9,14H,10,16H2,1-2H3. The third-order valence-corrected chi connectivity index (χ3v) is 2.98. The Morgan fingerprint density at radius 2 is 2.00 bits per heavy atom. The lowest BCUT2D eigenvalue weighted by Crippen LogP contribution is -2.15. The van der Waals surface area contributed by atoms with Crippen molar-refractivity contribution < 1.29 is 9.47 Å². The molecule has 0 fully saturated rings. The quantitative estimate of drug-likeness (QED) is 0.894. The van der Waals surface area contributed by atoms with Crippen LogP contribution in [0.25, 0.3) is 0 Å². The van der Waals surface area contributed by atoms with E-state index >= 15 is 0 Å². The van der Waals surface area contributed by atoms with Crippen molar-refractivity contribution in [3.8, 4) is 11.6 Å². The Kier molecular flexibility index (Phi) is 4.36. The van der Waals surface area contributed by atoms with E-state index in [1.165, 1.54) is 0 Å². The second-order valence-electron chi connectivity index (χ2n) is 4.26. The fraction of sp³-hybridized carbons (Fsp3) is 0.267. The number of rotatable bonds is 5. The van der Waals surface area contributed by atoms with E-state index in [9.17, 15) is 0 Å². The van der Waals surface area contributed by atoms with E-state index < -0.39 is 0 Å². The Morgan fingerprint density at radius 1 is 1.16 bits per heavy atom. The Balaban J connectivity index is 2.18. The maximum atomic E-state index is 6.23. The van der Waals surface area contributed by atoms with Gasteiger partial charge in [-0.25, -0.2) is 4.98 Å². The molecular formula is C15H18N2O2. The Bertz CT molecular complexity index is 543. The summed E-state index contributed by atoms with van der Waals surface area (Å²) in [5.74, 6) is 1.42. The number of methoxy groups -OCH3 is 2. The highest BCUT2D eigenvalue weighted by Gasteiger charge is 2.13. The van der Waals surface area contributed by atoms with Crippen LogP contribution in [-0.4, -0.2) is 19.2 Å². The lowest BCUT2D eigenvalue weighted by atomic mass is 10.0. The highest BCUT2D eigenvalue weighted by molar-refractivity contribution is 5.33. The van der Waals surface area contributed by atoms with Gasteiger partial charge >= 0.3 is 0 Å². The molecule has 1 aromatic carbocycles. The molecular weight excluding hydrogens is 240 g/mol. The van der Waals surface area contributed by atoms with Gasteiger partial charge < -0.3 is 15.2 Å². The van der Waals surface area contributed by atoms with Crippen molar-refractivity contribution in [3.63, 3.8) is 0 Å². The van der Waals surface area contributed by atoms with Crippen LogP contribution in [-0.2, 0) is 6.42 Å². The number of pyridine rings is 1. The zero-order valence-electron chi connectivity index (χ0n) is 11.2. The minimum absolute atomic E-state index is 0.157. The molecule has 1 aromatic heterocycles. The fourth-order valence-electron chi connectivity index (χ4n) is 2.02. The molecule has 0 aliphatic heterocycles. The van der Waals surface area contributed by atoms with Gasteiger partial charge in [0.15, 0.2) is 0 Å². The zero-order chi connectivity index (χ0) is 13.7. The van der Waals surface area contributed by atoms with Crippen molar-refractivity contribution >= 4 is 0 Å². The van der Waals surface area contributed by atoms with Gasteiger partial charge in [-0.1, -0.05) is 18.2 Å². The van der Waals surface area contributed by atoms with Crippen LogP contribution >= 0.6 is 0 Å². The lowest BCUT2D eigenvalue weighted by Gasteiger charge is -2.15. The van der Waals surface area contributed by atoms with Crippen molar-refractivity contribution in [2.45, 2.75) is 12.5 Å². The van der Waals surface area contributed by atoms with Crippen molar-refractivity contribution in [1.82, 2.24) is 4.98 Å². The average Bonchev–Trinajstić information content (AvgIpc) is 2.47. The predicted octanol–water partition coefficient (Wildman–Crippen LogP) is 2.34. The average molecular weight is 258 g/mol. The molecule has 0 bridgehead atoms. The van der Waals surface area contributed by atoms with Gasteiger partial charge in [-0.05, 0) is 30.2 Å². The fourth-order valence-corrected chi connectivity index (χ4v) is 2.02. The van der Waals surface area contributed by atoms with Gasteiger partial charge in [-0.2, -0.15) is 0 Å². The number of ether oxygens (including phenoxy) is 2. The van der Waals surface area contributed by atoms with Crippen LogP contribution in [0.15, 0.2) is 42.6 Å². The largest absolute Gasteiger partial charge is 0.497 e. The van der Waals surface area contributed by atoms with Crippen LogP contribution in [0.4, 0.5) is 0 Å². The SMILES string of the molecule is COc1cccc(CC(N)c2cccnc2OC)c1. The minimum Gasteiger partial charge on any atom is -0.497 e. The van der Waals surface area contributed by atoms with Crippen molar-refractivity contribution in [1.29, 1.82) is 0 Å². The first-order valence-corrected chi connectivity index (χ1v) is 6.12. The molecule has 0 radical (unpaired) electrons. The summed E-state index contributed by atoms with van der Waals surface area (Å²) in [7, 11) is 3.26. The maximum absolute atomic E-state index is 6.23. The summed E-state index contributed by atoms with van der Waals surface area (Å²) in [6, 6.07) is 11.5. The number of nitrogens with two attached hydrogens (primary N) is 1. The Hall–Kier alpha value is -2.07. The van der Waals surface area contributed by atoms with Crippen LogP contribution < -0.4 is 15.2 Å². The van der Waals surface area contributed by atoms with E-state index in [4.69, 9.17) is 15.2 Å². The molecule has 0 aliphatic rings. The highest BCUT2D eigenvalue weighted by Crippen LogP contribution is 2.24. The number of aromatic nitrogens is 1. The second kappa shape index (κ2) is 6.20. The molecule has 1 heterocycles. The molecule has 4 heteroatoms. The number of nitrogens with zero attached hydrogens (tertiary/aromatic N) is 1. The van der Waals surface area contributed by atoms with Crippen molar-refractivity contribution in [2.24, 2.45) is 5.73 Å². The van der Waals surface area contributed by atoms with Gasteiger partial charge in [0.05, 0.1) is 14.2 Å². The number of benzene rings is 1. The summed E-state index contributed by atoms with van der Waals surface area (Å²) in [6.07, 6.45) is 2.40. The van der Waals surface area contributed by atoms with Crippen LogP contribution in [0.2, 0.25) is 0 Å². The zero-order valence-corrected chi connectivity index (χ0v) is 11.2. The minimum atomic E-state index is -0.157. The first kappa shape index (κ1) is 13.4. The lowest BCUT2D eigenvalue weighted by molar-refractivity contribution is 0.388. The summed E-state index contributed by atoms with van der Waals surface area (Å²) < 4.78 is 10.4. The molecule has 2 aromatic rings. The normalized spacial score (nSPS) is 11.9. The molecule has 1 unspecified atom stereocenters. The molecule has 0 spiro atoms. The van der Waals surface area contributed by atoms with E-state index in [-0.39, 0.29) is 6.04 Å². The van der Waals surface area contributed by atoms with Gasteiger partial charge in [0, 0.05) is 17.8 Å². The van der Waals surface area contributed by atoms with Crippen molar-refractivity contribution in [2.75, 3.05) is 14.2 Å². The van der Waals surface area contributed by atoms with Gasteiger partial charge in [0.25, 0.3) is 0 Å². The monoisotopic (exact) mass is 258 g/mol. The maximum Gasteiger partial charge on any atom is 0.217 e. The third-order valence-electron chi connectivity index (χ3n) is 2.98. The van der Waals surface area contributed by atoms with E-state index in [0.29, 0.717) is 12.3 Å². The van der Waals surface area contributed by atoms with Crippen LogP contribution in [0.5, 0.6) is 11.6 Å². The summed E-state index contributed by atoms with van der Waals surface area (Å²) in [6.45, 7) is 0. The first-order valence-electron chi connectivity index (χ1n) is 6.12. The van der Waals surface area contributed by atoms with Gasteiger partial charge in [-0.15, -0.1) is 0 Å². The number of hydrogen-bond donors (Lipinski definition) is 1. The molecule has 0 saturated carbocycles. The van der Waals surface area contributed by atoms with Crippen LogP contribution in [0.3, 0.4) is 0 Å². The molecule has 2 rings (SSSR count). The molecule has 19 heavy (non-hydrogen) atoms. The van der Waals surface area contributed by atoms with E-state index in [1.807, 2.05) is 36.4 Å². The van der Waals surface area contributed by atoms with Crippen LogP contribution in [0, 0.1) is 0 Å². The molecule has 4 nitrogen and oxygen atoms in total. The van der Waals surface area contributed by atoms with Gasteiger partial charge in [0.1, 0.15) is 5.75 Å². The molecule has 2 N–H and O–H groups in total. The molecule has 100 valence electrons. The molecule has 0 aliphatic carbocycles. The summed E-state index contributed by atoms with van der Waals surface area (Å²) >= 11 is 0. The summed E-state index contributed by atoms with van der Waals surface area (Å²) in [4.78, 5) is 4.17. The third kappa shape index (κ3) is 3.23. The van der Waals surface area contributed by atoms with Gasteiger partial charge in [0.2, 0.25) is 5.88 Å². The second-order valence-corrected chi connectivity index (χ2v) is 4.26. The highest BCUT2D eigenvalue weighted by atomic mass is 16.5. The summed E-state index contributed by atoms with van der Waals surface area (Å²) in [5, 5.41) is 0. The van der Waals surface area contributed by atoms with Crippen molar-refractivity contribution in [3.05, 3.63) is 53.7 Å². The topological polar surface area (TPSA) is 57.4 Å². The Labute approximate surface area is 113 Å². The van der Waals surface area contributed by atoms with E-state index in [1.54, 1.807) is 20.4 Å². The molecule has 1 atom stereocenters. The molecule has 0 amide bonds. The predicted molar refractivity (Wildman–Crippen MR) is 74.4 cm³/mol. The number of hydrogen-bond acceptors (Lipinski definition) is 4. The van der Waals surface area contributed by atoms with E-state index in [0.717, 1.165) is 16.9 Å². The molecule has 0 saturated heterocycles. The smallest absolute Gasteiger partial charge is 0.217 e.